The van der Waals surface area contributed by atoms with Crippen LogP contribution in [0.15, 0.2) is 42.1 Å². The standard InChI is InChI=1S/C13H17NO2/c1-2-16-13(15)10-12(14)9-8-11-6-4-3-5-7-11/h3-7,10H,2,8-9,14H2,1H3/b12-10-. The minimum atomic E-state index is -0.368. The molecule has 0 aliphatic rings. The SMILES string of the molecule is CCOC(=O)/C=C(\N)CCc1ccccc1. The van der Waals surface area contributed by atoms with E-state index >= 15 is 0 Å². The third kappa shape index (κ3) is 4.64. The van der Waals surface area contributed by atoms with Crippen molar-refractivity contribution in [1.29, 1.82) is 0 Å². The van der Waals surface area contributed by atoms with Gasteiger partial charge in [-0.25, -0.2) is 4.79 Å². The molecular weight excluding hydrogens is 202 g/mol. The van der Waals surface area contributed by atoms with E-state index in [4.69, 9.17) is 10.5 Å². The lowest BCUT2D eigenvalue weighted by atomic mass is 10.1. The van der Waals surface area contributed by atoms with Crippen molar-refractivity contribution in [1.82, 2.24) is 0 Å². The summed E-state index contributed by atoms with van der Waals surface area (Å²) >= 11 is 0. The van der Waals surface area contributed by atoms with Crippen LogP contribution >= 0.6 is 0 Å². The first-order valence-electron chi connectivity index (χ1n) is 5.39. The van der Waals surface area contributed by atoms with Gasteiger partial charge in [0.15, 0.2) is 0 Å². The number of hydrogen-bond donors (Lipinski definition) is 1. The van der Waals surface area contributed by atoms with Gasteiger partial charge in [0.2, 0.25) is 0 Å². The van der Waals surface area contributed by atoms with E-state index in [-0.39, 0.29) is 5.97 Å². The molecule has 2 N–H and O–H groups in total. The van der Waals surface area contributed by atoms with E-state index in [1.165, 1.54) is 11.6 Å². The summed E-state index contributed by atoms with van der Waals surface area (Å²) in [7, 11) is 0. The zero-order valence-electron chi connectivity index (χ0n) is 9.48. The predicted molar refractivity (Wildman–Crippen MR) is 63.7 cm³/mol. The average Bonchev–Trinajstić information content (AvgIpc) is 2.28. The molecule has 3 heteroatoms. The molecule has 0 aliphatic heterocycles. The Morgan fingerprint density at radius 3 is 2.69 bits per heavy atom. The van der Waals surface area contributed by atoms with Crippen LogP contribution in [0.2, 0.25) is 0 Å². The largest absolute Gasteiger partial charge is 0.463 e. The van der Waals surface area contributed by atoms with Gasteiger partial charge in [0.1, 0.15) is 0 Å². The number of ether oxygens (including phenoxy) is 1. The maximum Gasteiger partial charge on any atom is 0.332 e. The Morgan fingerprint density at radius 1 is 1.38 bits per heavy atom. The second-order valence-corrected chi connectivity index (χ2v) is 3.46. The molecule has 0 atom stereocenters. The van der Waals surface area contributed by atoms with Crippen LogP contribution in [0.25, 0.3) is 0 Å². The molecule has 0 spiro atoms. The minimum absolute atomic E-state index is 0.368. The summed E-state index contributed by atoms with van der Waals surface area (Å²) in [6, 6.07) is 10.0. The molecule has 0 bridgehead atoms. The van der Waals surface area contributed by atoms with E-state index < -0.39 is 0 Å². The number of carbonyl (C=O) groups excluding carboxylic acids is 1. The van der Waals surface area contributed by atoms with Crippen LogP contribution in [0.5, 0.6) is 0 Å². The van der Waals surface area contributed by atoms with Gasteiger partial charge in [-0.3, -0.25) is 0 Å². The number of benzene rings is 1. The summed E-state index contributed by atoms with van der Waals surface area (Å²) < 4.78 is 4.77. The molecular formula is C13H17NO2. The molecule has 0 aromatic heterocycles. The fourth-order valence-corrected chi connectivity index (χ4v) is 1.34. The Balaban J connectivity index is 2.40. The zero-order chi connectivity index (χ0) is 11.8. The molecule has 16 heavy (non-hydrogen) atoms. The fraction of sp³-hybridized carbons (Fsp3) is 0.308. The molecule has 0 heterocycles. The van der Waals surface area contributed by atoms with Gasteiger partial charge in [-0.15, -0.1) is 0 Å². The van der Waals surface area contributed by atoms with Crippen molar-refractivity contribution in [3.05, 3.63) is 47.7 Å². The lowest BCUT2D eigenvalue weighted by Gasteiger charge is -2.02. The minimum Gasteiger partial charge on any atom is -0.463 e. The van der Waals surface area contributed by atoms with Crippen LogP contribution in [0.3, 0.4) is 0 Å². The van der Waals surface area contributed by atoms with E-state index in [2.05, 4.69) is 0 Å². The topological polar surface area (TPSA) is 52.3 Å². The van der Waals surface area contributed by atoms with Crippen LogP contribution < -0.4 is 5.73 Å². The highest BCUT2D eigenvalue weighted by molar-refractivity contribution is 5.82. The molecule has 0 saturated carbocycles. The molecule has 0 amide bonds. The predicted octanol–water partition coefficient (Wildman–Crippen LogP) is 2.02. The van der Waals surface area contributed by atoms with E-state index in [1.54, 1.807) is 6.92 Å². The fourth-order valence-electron chi connectivity index (χ4n) is 1.34. The summed E-state index contributed by atoms with van der Waals surface area (Å²) in [5.74, 6) is -0.368. The number of esters is 1. The molecule has 86 valence electrons. The first kappa shape index (κ1) is 12.3. The Morgan fingerprint density at radius 2 is 2.06 bits per heavy atom. The highest BCUT2D eigenvalue weighted by atomic mass is 16.5. The molecule has 0 saturated heterocycles. The number of rotatable bonds is 5. The Bertz CT molecular complexity index is 357. The molecule has 3 nitrogen and oxygen atoms in total. The Hall–Kier alpha value is -1.77. The van der Waals surface area contributed by atoms with Crippen molar-refractivity contribution in [2.45, 2.75) is 19.8 Å². The van der Waals surface area contributed by atoms with Crippen molar-refractivity contribution in [3.8, 4) is 0 Å². The molecule has 0 fully saturated rings. The normalized spacial score (nSPS) is 11.2. The lowest BCUT2D eigenvalue weighted by Crippen LogP contribution is -2.06. The Labute approximate surface area is 95.9 Å². The molecule has 0 radical (unpaired) electrons. The van der Waals surface area contributed by atoms with Crippen molar-refractivity contribution >= 4 is 5.97 Å². The number of carbonyl (C=O) groups is 1. The molecule has 1 aromatic rings. The first-order chi connectivity index (χ1) is 7.72. The smallest absolute Gasteiger partial charge is 0.332 e. The van der Waals surface area contributed by atoms with Crippen LogP contribution in [-0.4, -0.2) is 12.6 Å². The van der Waals surface area contributed by atoms with Crippen LogP contribution in [-0.2, 0) is 16.0 Å². The molecule has 0 unspecified atom stereocenters. The number of hydrogen-bond acceptors (Lipinski definition) is 3. The monoisotopic (exact) mass is 219 g/mol. The highest BCUT2D eigenvalue weighted by Crippen LogP contribution is 2.05. The van der Waals surface area contributed by atoms with Crippen molar-refractivity contribution in [2.75, 3.05) is 6.61 Å². The lowest BCUT2D eigenvalue weighted by molar-refractivity contribution is -0.137. The van der Waals surface area contributed by atoms with E-state index in [0.717, 1.165) is 6.42 Å². The Kier molecular flexibility index (Phi) is 5.12. The van der Waals surface area contributed by atoms with Crippen molar-refractivity contribution < 1.29 is 9.53 Å². The third-order valence-electron chi connectivity index (χ3n) is 2.14. The van der Waals surface area contributed by atoms with Gasteiger partial charge in [-0.2, -0.15) is 0 Å². The summed E-state index contributed by atoms with van der Waals surface area (Å²) in [6.45, 7) is 2.15. The number of allylic oxidation sites excluding steroid dienone is 1. The zero-order valence-corrected chi connectivity index (χ0v) is 9.48. The van der Waals surface area contributed by atoms with Crippen molar-refractivity contribution in [3.63, 3.8) is 0 Å². The summed E-state index contributed by atoms with van der Waals surface area (Å²) in [6.07, 6.45) is 2.86. The first-order valence-corrected chi connectivity index (χ1v) is 5.39. The van der Waals surface area contributed by atoms with Gasteiger partial charge < -0.3 is 10.5 Å². The molecule has 1 rings (SSSR count). The van der Waals surface area contributed by atoms with E-state index in [1.807, 2.05) is 30.3 Å². The summed E-state index contributed by atoms with van der Waals surface area (Å²) in [5, 5.41) is 0. The van der Waals surface area contributed by atoms with Gasteiger partial charge in [0.05, 0.1) is 6.61 Å². The third-order valence-corrected chi connectivity index (χ3v) is 2.14. The number of aryl methyl sites for hydroxylation is 1. The van der Waals surface area contributed by atoms with Gasteiger partial charge >= 0.3 is 5.97 Å². The number of nitrogens with two attached hydrogens (primary N) is 1. The molecule has 1 aromatic carbocycles. The van der Waals surface area contributed by atoms with Crippen LogP contribution in [0.1, 0.15) is 18.9 Å². The maximum atomic E-state index is 11.1. The van der Waals surface area contributed by atoms with Gasteiger partial charge in [-0.05, 0) is 25.3 Å². The van der Waals surface area contributed by atoms with Crippen molar-refractivity contribution in [2.24, 2.45) is 5.73 Å². The quantitative estimate of drug-likeness (QED) is 0.609. The van der Waals surface area contributed by atoms with Crippen LogP contribution in [0, 0.1) is 0 Å². The average molecular weight is 219 g/mol. The maximum absolute atomic E-state index is 11.1. The second-order valence-electron chi connectivity index (χ2n) is 3.46. The van der Waals surface area contributed by atoms with Gasteiger partial charge in [0, 0.05) is 11.8 Å². The van der Waals surface area contributed by atoms with E-state index in [0.29, 0.717) is 18.7 Å². The second kappa shape index (κ2) is 6.67. The van der Waals surface area contributed by atoms with Gasteiger partial charge in [-0.1, -0.05) is 30.3 Å². The molecule has 0 aliphatic carbocycles. The summed E-state index contributed by atoms with van der Waals surface area (Å²) in [5.41, 5.74) is 7.48. The highest BCUT2D eigenvalue weighted by Gasteiger charge is 1.99. The van der Waals surface area contributed by atoms with E-state index in [9.17, 15) is 4.79 Å². The summed E-state index contributed by atoms with van der Waals surface area (Å²) in [4.78, 5) is 11.1. The van der Waals surface area contributed by atoms with Gasteiger partial charge in [0.25, 0.3) is 0 Å². The van der Waals surface area contributed by atoms with Crippen LogP contribution in [0.4, 0.5) is 0 Å².